The average molecular weight is 699 g/mol. The van der Waals surface area contributed by atoms with Gasteiger partial charge in [-0.25, -0.2) is 0 Å². The first kappa shape index (κ1) is 31.2. The van der Waals surface area contributed by atoms with Crippen molar-refractivity contribution in [1.82, 2.24) is 5.32 Å². The van der Waals surface area contributed by atoms with Crippen LogP contribution in [0, 0.1) is 0 Å². The molecule has 0 aromatic heterocycles. The van der Waals surface area contributed by atoms with Crippen molar-refractivity contribution in [3.05, 3.63) is 82.3 Å². The molecule has 39 heavy (non-hydrogen) atoms. The van der Waals surface area contributed by atoms with Crippen molar-refractivity contribution in [1.29, 1.82) is 0 Å². The standard InChI is InChI=1S/C28H30AsBrClNO6S/c1-28(2,38-23-14-12-22(31)13-15-23)27(35)32-18-4-3-5-25(26(33)34)29-39(36,37)24-16-8-20(9-17-24)19-6-10-21(30)11-7-19/h6-17,25,29H,3-5,18H2,1-2H3,(H,32,35)(H,33,34). The molecule has 7 nitrogen and oxygen atoms in total. The average Bonchev–Trinajstić information content (AvgIpc) is 2.89. The first-order valence-electron chi connectivity index (χ1n) is 12.2. The molecule has 0 heterocycles. The third kappa shape index (κ3) is 9.38. The number of benzene rings is 3. The van der Waals surface area contributed by atoms with Gasteiger partial charge < -0.3 is 0 Å². The van der Waals surface area contributed by atoms with E-state index in [0.29, 0.717) is 30.2 Å². The molecular weight excluding hydrogens is 669 g/mol. The summed E-state index contributed by atoms with van der Waals surface area (Å²) in [6.07, 6.45) is 1.21. The van der Waals surface area contributed by atoms with Gasteiger partial charge in [0.25, 0.3) is 0 Å². The van der Waals surface area contributed by atoms with Crippen LogP contribution in [0.1, 0.15) is 33.1 Å². The maximum atomic E-state index is 13.0. The number of hydrogen-bond acceptors (Lipinski definition) is 5. The summed E-state index contributed by atoms with van der Waals surface area (Å²) in [5.74, 6) is -0.904. The van der Waals surface area contributed by atoms with Gasteiger partial charge >= 0.3 is 233 Å². The number of carbonyl (C=O) groups is 2. The van der Waals surface area contributed by atoms with E-state index in [9.17, 15) is 23.1 Å². The van der Waals surface area contributed by atoms with Crippen molar-refractivity contribution in [2.24, 2.45) is 0 Å². The van der Waals surface area contributed by atoms with E-state index in [2.05, 4.69) is 21.2 Å². The molecule has 208 valence electrons. The van der Waals surface area contributed by atoms with Crippen molar-refractivity contribution < 1.29 is 27.9 Å². The number of nitrogens with one attached hydrogen (secondary N) is 1. The predicted molar refractivity (Wildman–Crippen MR) is 158 cm³/mol. The first-order chi connectivity index (χ1) is 18.4. The van der Waals surface area contributed by atoms with Crippen LogP contribution in [0.4, 0.5) is 0 Å². The summed E-state index contributed by atoms with van der Waals surface area (Å²) in [4.78, 5) is 24.6. The molecule has 3 aromatic carbocycles. The van der Waals surface area contributed by atoms with E-state index < -0.39 is 39.0 Å². The third-order valence-corrected chi connectivity index (χ3v) is 14.5. The molecule has 1 amide bonds. The third-order valence-electron chi connectivity index (χ3n) is 5.88. The SMILES string of the molecule is CC(C)(Oc1ccc(Cl)cc1)C(=O)NCCCCC([AsH]S(=O)(=O)c1ccc(-c2ccc(Br)cc2)cc1)C(=O)O. The zero-order valence-electron chi connectivity index (χ0n) is 21.5. The number of hydrogen-bond donors (Lipinski definition) is 2. The summed E-state index contributed by atoms with van der Waals surface area (Å²) < 4.78 is 31.8. The molecule has 0 bridgehead atoms. The van der Waals surface area contributed by atoms with E-state index in [-0.39, 0.29) is 17.2 Å². The molecule has 2 atom stereocenters. The van der Waals surface area contributed by atoms with Gasteiger partial charge in [-0.3, -0.25) is 0 Å². The number of carbonyl (C=O) groups excluding carboxylic acids is 1. The minimum atomic E-state index is -3.68. The Morgan fingerprint density at radius 2 is 1.54 bits per heavy atom. The van der Waals surface area contributed by atoms with Crippen LogP contribution in [0.5, 0.6) is 5.75 Å². The fourth-order valence-electron chi connectivity index (χ4n) is 3.69. The molecule has 0 saturated heterocycles. The number of unbranched alkanes of at least 4 members (excludes halogenated alkanes) is 1. The molecule has 3 rings (SSSR count). The predicted octanol–water partition coefficient (Wildman–Crippen LogP) is 5.91. The van der Waals surface area contributed by atoms with E-state index in [4.69, 9.17) is 16.3 Å². The summed E-state index contributed by atoms with van der Waals surface area (Å²) in [7, 11) is -3.68. The number of halogens is 2. The molecular formula is C28H30AsBrClNO6S. The molecule has 11 heteroatoms. The molecule has 0 spiro atoms. The number of carboxylic acids is 1. The molecule has 0 saturated carbocycles. The van der Waals surface area contributed by atoms with E-state index in [1.165, 1.54) is 0 Å². The van der Waals surface area contributed by atoms with Gasteiger partial charge in [0, 0.05) is 5.02 Å². The van der Waals surface area contributed by atoms with Gasteiger partial charge in [0.15, 0.2) is 0 Å². The van der Waals surface area contributed by atoms with Gasteiger partial charge in [0.1, 0.15) is 0 Å². The second-order valence-corrected chi connectivity index (χ2v) is 18.8. The Morgan fingerprint density at radius 1 is 0.974 bits per heavy atom. The van der Waals surface area contributed by atoms with E-state index in [1.54, 1.807) is 62.4 Å². The van der Waals surface area contributed by atoms with Crippen molar-refractivity contribution in [2.75, 3.05) is 6.54 Å². The summed E-state index contributed by atoms with van der Waals surface area (Å²) in [6, 6.07) is 20.9. The fraction of sp³-hybridized carbons (Fsp3) is 0.286. The Kier molecular flexibility index (Phi) is 11.1. The Balaban J connectivity index is 1.49. The van der Waals surface area contributed by atoms with Crippen LogP contribution in [0.15, 0.2) is 82.2 Å². The number of rotatable bonds is 13. The molecule has 0 aliphatic carbocycles. The van der Waals surface area contributed by atoms with Crippen LogP contribution in [-0.4, -0.2) is 52.1 Å². The first-order valence-corrected chi connectivity index (χ1v) is 18.6. The molecule has 0 aliphatic heterocycles. The summed E-state index contributed by atoms with van der Waals surface area (Å²) >= 11 is 7.39. The van der Waals surface area contributed by atoms with Crippen molar-refractivity contribution in [3.8, 4) is 16.9 Å². The van der Waals surface area contributed by atoms with Crippen LogP contribution >= 0.6 is 27.5 Å². The Bertz CT molecular complexity index is 1380. The number of ether oxygens (including phenoxy) is 1. The van der Waals surface area contributed by atoms with Gasteiger partial charge in [-0.2, -0.15) is 0 Å². The van der Waals surface area contributed by atoms with E-state index >= 15 is 0 Å². The molecule has 2 N–H and O–H groups in total. The van der Waals surface area contributed by atoms with Crippen molar-refractivity contribution in [2.45, 2.75) is 48.3 Å². The second-order valence-electron chi connectivity index (χ2n) is 9.36. The Morgan fingerprint density at radius 3 is 2.10 bits per heavy atom. The Hall–Kier alpha value is -2.32. The van der Waals surface area contributed by atoms with Crippen LogP contribution in [0.2, 0.25) is 9.73 Å². The van der Waals surface area contributed by atoms with Gasteiger partial charge in [0.05, 0.1) is 0 Å². The Labute approximate surface area is 248 Å². The van der Waals surface area contributed by atoms with Crippen LogP contribution in [0.25, 0.3) is 11.1 Å². The minimum absolute atomic E-state index is 0.143. The number of aliphatic carboxylic acids is 1. The summed E-state index contributed by atoms with van der Waals surface area (Å²) in [5.41, 5.74) is 0.707. The second kappa shape index (κ2) is 13.8. The van der Waals surface area contributed by atoms with Gasteiger partial charge in [-0.15, -0.1) is 0 Å². The van der Waals surface area contributed by atoms with Gasteiger partial charge in [-0.1, -0.05) is 11.6 Å². The molecule has 2 unspecified atom stereocenters. The topological polar surface area (TPSA) is 110 Å². The van der Waals surface area contributed by atoms with Crippen LogP contribution in [0.3, 0.4) is 0 Å². The quantitative estimate of drug-likeness (QED) is 0.170. The summed E-state index contributed by atoms with van der Waals surface area (Å²) in [5, 5.41) is 13.0. The van der Waals surface area contributed by atoms with Gasteiger partial charge in [0.2, 0.25) is 0 Å². The van der Waals surface area contributed by atoms with E-state index in [1.807, 2.05) is 24.3 Å². The molecule has 0 aliphatic rings. The van der Waals surface area contributed by atoms with Crippen molar-refractivity contribution >= 4 is 62.1 Å². The normalized spacial score (nSPS) is 12.8. The fourth-order valence-corrected chi connectivity index (χ4v) is 11.2. The van der Waals surface area contributed by atoms with Crippen molar-refractivity contribution in [3.63, 3.8) is 0 Å². The van der Waals surface area contributed by atoms with Crippen LogP contribution in [-0.2, 0) is 17.7 Å². The number of amides is 1. The molecule has 0 fully saturated rings. The zero-order chi connectivity index (χ0) is 28.6. The number of carboxylic acid groups (broad SMARTS) is 1. The van der Waals surface area contributed by atoms with E-state index in [0.717, 1.165) is 15.6 Å². The molecule has 0 radical (unpaired) electrons. The van der Waals surface area contributed by atoms with Crippen LogP contribution < -0.4 is 10.1 Å². The zero-order valence-corrected chi connectivity index (χ0v) is 26.7. The summed E-state index contributed by atoms with van der Waals surface area (Å²) in [6.45, 7) is 3.63. The molecule has 3 aromatic rings. The maximum absolute atomic E-state index is 13.0. The monoisotopic (exact) mass is 697 g/mol. The van der Waals surface area contributed by atoms with Gasteiger partial charge in [-0.05, 0) is 0 Å².